The molecule has 0 radical (unpaired) electrons. The molecule has 2 aromatic carbocycles. The highest BCUT2D eigenvalue weighted by Crippen LogP contribution is 2.35. The molecule has 0 aliphatic rings. The van der Waals surface area contributed by atoms with Gasteiger partial charge in [-0.1, -0.05) is 50.6 Å². The van der Waals surface area contributed by atoms with E-state index in [0.717, 1.165) is 42.3 Å². The third-order valence-corrected chi connectivity index (χ3v) is 4.15. The van der Waals surface area contributed by atoms with Crippen molar-refractivity contribution in [3.8, 4) is 5.75 Å². The molecule has 3 N–H and O–H groups in total. The van der Waals surface area contributed by atoms with Crippen LogP contribution in [0.4, 0.5) is 0 Å². The molecule has 0 aliphatic carbocycles. The SMILES string of the molecule is CCCCN(CC)C(CN)c1c(O)ccc2ccccc12. The van der Waals surface area contributed by atoms with Gasteiger partial charge in [0.1, 0.15) is 5.75 Å². The Bertz CT molecular complexity index is 582. The molecule has 0 spiro atoms. The molecule has 3 heteroatoms. The summed E-state index contributed by atoms with van der Waals surface area (Å²) in [5.74, 6) is 0.346. The lowest BCUT2D eigenvalue weighted by atomic mass is 9.96. The Balaban J connectivity index is 2.48. The summed E-state index contributed by atoms with van der Waals surface area (Å²) >= 11 is 0. The van der Waals surface area contributed by atoms with Crippen LogP contribution in [0.5, 0.6) is 5.75 Å². The first-order chi connectivity index (χ1) is 10.2. The van der Waals surface area contributed by atoms with Crippen LogP contribution in [-0.2, 0) is 0 Å². The van der Waals surface area contributed by atoms with E-state index in [4.69, 9.17) is 5.73 Å². The lowest BCUT2D eigenvalue weighted by Crippen LogP contribution is -2.34. The van der Waals surface area contributed by atoms with Crippen LogP contribution in [0, 0.1) is 0 Å². The van der Waals surface area contributed by atoms with Gasteiger partial charge in [0.2, 0.25) is 0 Å². The van der Waals surface area contributed by atoms with E-state index in [1.165, 1.54) is 0 Å². The maximum absolute atomic E-state index is 10.4. The fourth-order valence-electron chi connectivity index (χ4n) is 2.98. The molecule has 2 rings (SSSR count). The monoisotopic (exact) mass is 286 g/mol. The predicted octanol–water partition coefficient (Wildman–Crippen LogP) is 3.67. The van der Waals surface area contributed by atoms with E-state index < -0.39 is 0 Å². The second-order valence-electron chi connectivity index (χ2n) is 5.45. The summed E-state index contributed by atoms with van der Waals surface area (Å²) in [6.07, 6.45) is 2.31. The highest BCUT2D eigenvalue weighted by molar-refractivity contribution is 5.88. The summed E-state index contributed by atoms with van der Waals surface area (Å²) in [6.45, 7) is 6.81. The van der Waals surface area contributed by atoms with Crippen molar-refractivity contribution in [2.75, 3.05) is 19.6 Å². The molecule has 0 saturated carbocycles. The van der Waals surface area contributed by atoms with Gasteiger partial charge in [-0.15, -0.1) is 0 Å². The first-order valence-electron chi connectivity index (χ1n) is 7.87. The number of likely N-dealkylation sites (N-methyl/N-ethyl adjacent to an activating group) is 1. The van der Waals surface area contributed by atoms with Crippen molar-refractivity contribution >= 4 is 10.8 Å². The Morgan fingerprint density at radius 2 is 1.90 bits per heavy atom. The van der Waals surface area contributed by atoms with Crippen molar-refractivity contribution in [3.63, 3.8) is 0 Å². The molecular weight excluding hydrogens is 260 g/mol. The van der Waals surface area contributed by atoms with Crippen molar-refractivity contribution < 1.29 is 5.11 Å². The third-order valence-electron chi connectivity index (χ3n) is 4.15. The lowest BCUT2D eigenvalue weighted by Gasteiger charge is -2.31. The van der Waals surface area contributed by atoms with Gasteiger partial charge in [-0.05, 0) is 36.3 Å². The number of phenols is 1. The molecule has 0 amide bonds. The highest BCUT2D eigenvalue weighted by Gasteiger charge is 2.22. The number of phenolic OH excluding ortho intramolecular Hbond substituents is 1. The smallest absolute Gasteiger partial charge is 0.121 e. The first-order valence-corrected chi connectivity index (χ1v) is 7.87. The van der Waals surface area contributed by atoms with Crippen LogP contribution < -0.4 is 5.73 Å². The van der Waals surface area contributed by atoms with Crippen LogP contribution in [0.1, 0.15) is 38.3 Å². The van der Waals surface area contributed by atoms with Gasteiger partial charge < -0.3 is 10.8 Å². The van der Waals surface area contributed by atoms with E-state index in [0.29, 0.717) is 12.3 Å². The molecule has 0 saturated heterocycles. The Kier molecular flexibility index (Phi) is 5.59. The van der Waals surface area contributed by atoms with Crippen LogP contribution in [0.3, 0.4) is 0 Å². The standard InChI is InChI=1S/C18H26N2O/c1-3-5-12-20(4-2)16(13-19)18-15-9-7-6-8-14(15)10-11-17(18)21/h6-11,16,21H,3-5,12-13,19H2,1-2H3. The summed E-state index contributed by atoms with van der Waals surface area (Å²) in [6, 6.07) is 12.0. The normalized spacial score (nSPS) is 13.0. The summed E-state index contributed by atoms with van der Waals surface area (Å²) in [5.41, 5.74) is 7.03. The Morgan fingerprint density at radius 3 is 2.57 bits per heavy atom. The van der Waals surface area contributed by atoms with Crippen LogP contribution in [0.15, 0.2) is 36.4 Å². The average Bonchev–Trinajstić information content (AvgIpc) is 2.52. The van der Waals surface area contributed by atoms with Gasteiger partial charge in [0.15, 0.2) is 0 Å². The maximum Gasteiger partial charge on any atom is 0.121 e. The second kappa shape index (κ2) is 7.43. The van der Waals surface area contributed by atoms with Gasteiger partial charge in [-0.2, -0.15) is 0 Å². The molecule has 21 heavy (non-hydrogen) atoms. The number of benzene rings is 2. The summed E-state index contributed by atoms with van der Waals surface area (Å²) in [4.78, 5) is 2.37. The fourth-order valence-corrected chi connectivity index (χ4v) is 2.98. The number of aromatic hydroxyl groups is 1. The van der Waals surface area contributed by atoms with Crippen LogP contribution in [-0.4, -0.2) is 29.6 Å². The zero-order chi connectivity index (χ0) is 15.2. The molecule has 0 aromatic heterocycles. The Labute approximate surface area is 127 Å². The summed E-state index contributed by atoms with van der Waals surface area (Å²) in [5, 5.41) is 12.6. The molecule has 1 atom stereocenters. The molecule has 114 valence electrons. The number of hydrogen-bond donors (Lipinski definition) is 2. The zero-order valence-electron chi connectivity index (χ0n) is 13.0. The van der Waals surface area contributed by atoms with E-state index in [1.807, 2.05) is 18.2 Å². The molecule has 0 bridgehead atoms. The van der Waals surface area contributed by atoms with Crippen LogP contribution >= 0.6 is 0 Å². The topological polar surface area (TPSA) is 49.5 Å². The largest absolute Gasteiger partial charge is 0.508 e. The van der Waals surface area contributed by atoms with Gasteiger partial charge in [0.05, 0.1) is 6.04 Å². The number of rotatable bonds is 7. The van der Waals surface area contributed by atoms with Gasteiger partial charge >= 0.3 is 0 Å². The highest BCUT2D eigenvalue weighted by atomic mass is 16.3. The van der Waals surface area contributed by atoms with E-state index in [1.54, 1.807) is 6.07 Å². The van der Waals surface area contributed by atoms with Crippen molar-refractivity contribution in [2.24, 2.45) is 5.73 Å². The first kappa shape index (κ1) is 15.8. The Morgan fingerprint density at radius 1 is 1.14 bits per heavy atom. The van der Waals surface area contributed by atoms with Crippen molar-refractivity contribution in [2.45, 2.75) is 32.7 Å². The van der Waals surface area contributed by atoms with E-state index in [2.05, 4.69) is 30.9 Å². The summed E-state index contributed by atoms with van der Waals surface area (Å²) < 4.78 is 0. The van der Waals surface area contributed by atoms with Crippen molar-refractivity contribution in [1.29, 1.82) is 0 Å². The van der Waals surface area contributed by atoms with Gasteiger partial charge in [0.25, 0.3) is 0 Å². The van der Waals surface area contributed by atoms with Crippen molar-refractivity contribution in [1.82, 2.24) is 4.90 Å². The van der Waals surface area contributed by atoms with Gasteiger partial charge in [0, 0.05) is 12.1 Å². The number of fused-ring (bicyclic) bond motifs is 1. The van der Waals surface area contributed by atoms with Crippen molar-refractivity contribution in [3.05, 3.63) is 42.0 Å². The average molecular weight is 286 g/mol. The van der Waals surface area contributed by atoms with Gasteiger partial charge in [-0.25, -0.2) is 0 Å². The molecule has 1 unspecified atom stereocenters. The second-order valence-corrected chi connectivity index (χ2v) is 5.45. The van der Waals surface area contributed by atoms with E-state index in [9.17, 15) is 5.11 Å². The summed E-state index contributed by atoms with van der Waals surface area (Å²) in [7, 11) is 0. The maximum atomic E-state index is 10.4. The minimum Gasteiger partial charge on any atom is -0.508 e. The third kappa shape index (κ3) is 3.36. The lowest BCUT2D eigenvalue weighted by molar-refractivity contribution is 0.207. The fraction of sp³-hybridized carbons (Fsp3) is 0.444. The minimum atomic E-state index is 0.0626. The Hall–Kier alpha value is -1.58. The number of nitrogens with two attached hydrogens (primary N) is 1. The number of nitrogens with zero attached hydrogens (tertiary/aromatic N) is 1. The molecular formula is C18H26N2O. The van der Waals surface area contributed by atoms with E-state index in [-0.39, 0.29) is 6.04 Å². The predicted molar refractivity (Wildman–Crippen MR) is 89.6 cm³/mol. The molecule has 2 aromatic rings. The molecule has 0 aliphatic heterocycles. The van der Waals surface area contributed by atoms with E-state index >= 15 is 0 Å². The van der Waals surface area contributed by atoms with Gasteiger partial charge in [-0.3, -0.25) is 4.90 Å². The zero-order valence-corrected chi connectivity index (χ0v) is 13.0. The molecule has 3 nitrogen and oxygen atoms in total. The number of unbranched alkanes of at least 4 members (excludes halogenated alkanes) is 1. The molecule has 0 heterocycles. The van der Waals surface area contributed by atoms with Crippen LogP contribution in [0.2, 0.25) is 0 Å². The number of hydrogen-bond acceptors (Lipinski definition) is 3. The minimum absolute atomic E-state index is 0.0626. The quantitative estimate of drug-likeness (QED) is 0.816. The van der Waals surface area contributed by atoms with Crippen LogP contribution in [0.25, 0.3) is 10.8 Å². The molecule has 0 fully saturated rings.